The first-order valence-corrected chi connectivity index (χ1v) is 9.48. The number of hydrogen-bond acceptors (Lipinski definition) is 5. The highest BCUT2D eigenvalue weighted by Gasteiger charge is 2.28. The van der Waals surface area contributed by atoms with E-state index >= 15 is 0 Å². The van der Waals surface area contributed by atoms with Gasteiger partial charge in [0.05, 0.1) is 0 Å². The van der Waals surface area contributed by atoms with E-state index in [1.54, 1.807) is 48.5 Å². The van der Waals surface area contributed by atoms with Crippen molar-refractivity contribution < 1.29 is 19.0 Å². The molecule has 0 N–H and O–H groups in total. The van der Waals surface area contributed by atoms with Crippen molar-refractivity contribution in [3.8, 4) is 11.5 Å². The van der Waals surface area contributed by atoms with Gasteiger partial charge >= 0.3 is 12.3 Å². The van der Waals surface area contributed by atoms with Crippen molar-refractivity contribution in [1.82, 2.24) is 4.90 Å². The van der Waals surface area contributed by atoms with Crippen LogP contribution in [0.15, 0.2) is 48.5 Å². The van der Waals surface area contributed by atoms with E-state index in [1.807, 2.05) is 7.05 Å². The molecule has 152 valence electrons. The number of likely N-dealkylation sites (N-methyl/N-ethyl adjacent to an activating group) is 1. The number of esters is 1. The summed E-state index contributed by atoms with van der Waals surface area (Å²) in [5.41, 5.74) is 0. The Balaban J connectivity index is 0.00000280. The summed E-state index contributed by atoms with van der Waals surface area (Å²) in [7, 11) is 2.03. The molecule has 1 unspecified atom stereocenters. The van der Waals surface area contributed by atoms with Crippen LogP contribution >= 0.6 is 35.6 Å². The SMILES string of the molecule is CN1CCCC1COC(=O)C(Oc1ccc(Cl)cc1)Oc1ccc(Cl)cc1.Cl. The smallest absolute Gasteiger partial charge is 0.389 e. The van der Waals surface area contributed by atoms with Crippen molar-refractivity contribution in [3.05, 3.63) is 58.6 Å². The second-order valence-electron chi connectivity index (χ2n) is 6.38. The Labute approximate surface area is 180 Å². The van der Waals surface area contributed by atoms with Crippen LogP contribution in [0.2, 0.25) is 10.0 Å². The van der Waals surface area contributed by atoms with Crippen LogP contribution in [0.5, 0.6) is 11.5 Å². The van der Waals surface area contributed by atoms with Gasteiger partial charge in [0.1, 0.15) is 18.1 Å². The van der Waals surface area contributed by atoms with E-state index in [1.165, 1.54) is 0 Å². The zero-order valence-electron chi connectivity index (χ0n) is 15.3. The van der Waals surface area contributed by atoms with Crippen LogP contribution in [-0.2, 0) is 9.53 Å². The molecule has 28 heavy (non-hydrogen) atoms. The highest BCUT2D eigenvalue weighted by atomic mass is 35.5. The third kappa shape index (κ3) is 6.45. The summed E-state index contributed by atoms with van der Waals surface area (Å²) in [5, 5.41) is 1.15. The number of carbonyl (C=O) groups excluding carboxylic acids is 1. The van der Waals surface area contributed by atoms with Gasteiger partial charge in [-0.3, -0.25) is 0 Å². The molecule has 2 aromatic rings. The van der Waals surface area contributed by atoms with Crippen molar-refractivity contribution in [2.24, 2.45) is 0 Å². The van der Waals surface area contributed by atoms with Gasteiger partial charge in [0, 0.05) is 16.1 Å². The van der Waals surface area contributed by atoms with Gasteiger partial charge in [-0.15, -0.1) is 12.4 Å². The molecule has 5 nitrogen and oxygen atoms in total. The Morgan fingerprint density at radius 2 is 1.54 bits per heavy atom. The highest BCUT2D eigenvalue weighted by Crippen LogP contribution is 2.22. The molecule has 1 atom stereocenters. The third-order valence-corrected chi connectivity index (χ3v) is 4.90. The molecular formula is C20H22Cl3NO4. The van der Waals surface area contributed by atoms with Gasteiger partial charge in [-0.2, -0.15) is 0 Å². The van der Waals surface area contributed by atoms with E-state index < -0.39 is 12.3 Å². The van der Waals surface area contributed by atoms with Crippen molar-refractivity contribution in [3.63, 3.8) is 0 Å². The lowest BCUT2D eigenvalue weighted by Crippen LogP contribution is -2.38. The third-order valence-electron chi connectivity index (χ3n) is 4.40. The van der Waals surface area contributed by atoms with Crippen LogP contribution in [0.4, 0.5) is 0 Å². The summed E-state index contributed by atoms with van der Waals surface area (Å²) in [4.78, 5) is 14.8. The average Bonchev–Trinajstić information content (AvgIpc) is 3.07. The lowest BCUT2D eigenvalue weighted by molar-refractivity contribution is -0.167. The quantitative estimate of drug-likeness (QED) is 0.450. The fraction of sp³-hybridized carbons (Fsp3) is 0.350. The van der Waals surface area contributed by atoms with Gasteiger partial charge in [-0.05, 0) is 75.0 Å². The molecule has 1 aliphatic rings. The van der Waals surface area contributed by atoms with Crippen LogP contribution in [-0.4, -0.2) is 43.4 Å². The molecule has 0 aromatic heterocycles. The predicted molar refractivity (Wildman–Crippen MR) is 112 cm³/mol. The zero-order chi connectivity index (χ0) is 19.2. The summed E-state index contributed by atoms with van der Waals surface area (Å²) < 4.78 is 16.9. The van der Waals surface area contributed by atoms with Crippen LogP contribution in [0.25, 0.3) is 0 Å². The molecule has 2 aromatic carbocycles. The van der Waals surface area contributed by atoms with Gasteiger partial charge < -0.3 is 19.1 Å². The molecule has 0 saturated carbocycles. The van der Waals surface area contributed by atoms with E-state index in [0.717, 1.165) is 19.4 Å². The minimum Gasteiger partial charge on any atom is -0.459 e. The van der Waals surface area contributed by atoms with E-state index in [4.69, 9.17) is 37.4 Å². The Morgan fingerprint density at radius 1 is 1.04 bits per heavy atom. The van der Waals surface area contributed by atoms with Gasteiger partial charge in [-0.1, -0.05) is 23.2 Å². The highest BCUT2D eigenvalue weighted by molar-refractivity contribution is 6.30. The lowest BCUT2D eigenvalue weighted by Gasteiger charge is -2.22. The maximum atomic E-state index is 12.6. The second kappa shape index (κ2) is 10.8. The molecule has 0 radical (unpaired) electrons. The molecule has 1 saturated heterocycles. The molecule has 1 fully saturated rings. The van der Waals surface area contributed by atoms with E-state index in [2.05, 4.69) is 4.90 Å². The van der Waals surface area contributed by atoms with Gasteiger partial charge in [0.15, 0.2) is 0 Å². The molecule has 0 bridgehead atoms. The number of carbonyl (C=O) groups is 1. The minimum atomic E-state index is -1.24. The topological polar surface area (TPSA) is 48.0 Å². The number of nitrogens with zero attached hydrogens (tertiary/aromatic N) is 1. The molecule has 0 amide bonds. The maximum absolute atomic E-state index is 12.6. The number of hydrogen-bond donors (Lipinski definition) is 0. The Kier molecular flexibility index (Phi) is 8.70. The molecule has 0 spiro atoms. The largest absolute Gasteiger partial charge is 0.459 e. The molecule has 0 aliphatic carbocycles. The van der Waals surface area contributed by atoms with Crippen LogP contribution in [0.1, 0.15) is 12.8 Å². The molecule has 8 heteroatoms. The molecule has 3 rings (SSSR count). The summed E-state index contributed by atoms with van der Waals surface area (Å²) in [6, 6.07) is 13.6. The van der Waals surface area contributed by atoms with Gasteiger partial charge in [0.2, 0.25) is 0 Å². The first kappa shape index (κ1) is 22.6. The molecule has 1 heterocycles. The molecular weight excluding hydrogens is 425 g/mol. The first-order chi connectivity index (χ1) is 13.0. The number of ether oxygens (including phenoxy) is 3. The van der Waals surface area contributed by atoms with Crippen molar-refractivity contribution >= 4 is 41.6 Å². The van der Waals surface area contributed by atoms with Crippen LogP contribution in [0, 0.1) is 0 Å². The van der Waals surface area contributed by atoms with Gasteiger partial charge in [0.25, 0.3) is 0 Å². The monoisotopic (exact) mass is 445 g/mol. The van der Waals surface area contributed by atoms with E-state index in [0.29, 0.717) is 28.2 Å². The summed E-state index contributed by atoms with van der Waals surface area (Å²) in [6.07, 6.45) is 0.869. The van der Waals surface area contributed by atoms with Gasteiger partial charge in [-0.25, -0.2) is 4.79 Å². The summed E-state index contributed by atoms with van der Waals surface area (Å²) >= 11 is 11.8. The fourth-order valence-electron chi connectivity index (χ4n) is 2.83. The number of halogens is 3. The van der Waals surface area contributed by atoms with E-state index in [9.17, 15) is 4.79 Å². The Hall–Kier alpha value is -1.66. The second-order valence-corrected chi connectivity index (χ2v) is 7.26. The standard InChI is InChI=1S/C20H21Cl2NO4.ClH/c1-23-12-2-3-16(23)13-25-19(24)20(26-17-8-4-14(21)5-9-17)27-18-10-6-15(22)7-11-18;/h4-11,16,20H,2-3,12-13H2,1H3;1H. The minimum absolute atomic E-state index is 0. The Morgan fingerprint density at radius 3 is 1.96 bits per heavy atom. The van der Waals surface area contributed by atoms with Crippen LogP contribution in [0.3, 0.4) is 0 Å². The zero-order valence-corrected chi connectivity index (χ0v) is 17.7. The predicted octanol–water partition coefficient (Wildman–Crippen LogP) is 4.84. The lowest BCUT2D eigenvalue weighted by atomic mass is 10.2. The summed E-state index contributed by atoms with van der Waals surface area (Å²) in [6.45, 7) is 1.31. The van der Waals surface area contributed by atoms with Crippen LogP contribution < -0.4 is 9.47 Å². The van der Waals surface area contributed by atoms with E-state index in [-0.39, 0.29) is 18.4 Å². The normalized spacial score (nSPS) is 16.5. The van der Waals surface area contributed by atoms with Crippen molar-refractivity contribution in [2.45, 2.75) is 25.2 Å². The van der Waals surface area contributed by atoms with Crippen molar-refractivity contribution in [1.29, 1.82) is 0 Å². The first-order valence-electron chi connectivity index (χ1n) is 8.72. The number of likely N-dealkylation sites (tertiary alicyclic amines) is 1. The van der Waals surface area contributed by atoms with Crippen molar-refractivity contribution in [2.75, 3.05) is 20.2 Å². The summed E-state index contributed by atoms with van der Waals surface area (Å²) in [5.74, 6) is 0.321. The molecule has 1 aliphatic heterocycles. The fourth-order valence-corrected chi connectivity index (χ4v) is 3.08. The maximum Gasteiger partial charge on any atom is 0.389 e. The average molecular weight is 447 g/mol. The number of rotatable bonds is 7. The number of benzene rings is 2. The Bertz CT molecular complexity index is 708.